The minimum Gasteiger partial charge on any atom is -0.448 e. The third-order valence-corrected chi connectivity index (χ3v) is 2.64. The molecule has 1 atom stereocenters. The lowest BCUT2D eigenvalue weighted by atomic mass is 10.1. The molecule has 3 heteroatoms. The Morgan fingerprint density at radius 2 is 1.86 bits per heavy atom. The lowest BCUT2D eigenvalue weighted by Gasteiger charge is -2.21. The number of unbranched alkanes of at least 4 members (excludes halogenated alkanes) is 4. The van der Waals surface area contributed by atoms with Crippen LogP contribution in [0.3, 0.4) is 0 Å². The van der Waals surface area contributed by atoms with Gasteiger partial charge in [0.05, 0.1) is 0 Å². The predicted octanol–water partition coefficient (Wildman–Crippen LogP) is 4.02. The molecule has 0 saturated heterocycles. The van der Waals surface area contributed by atoms with E-state index in [-0.39, 0.29) is 5.97 Å². The maximum Gasteiger partial charge on any atom is 0.304 e. The van der Waals surface area contributed by atoms with Crippen molar-refractivity contribution in [2.75, 3.05) is 0 Å². The van der Waals surface area contributed by atoms with Gasteiger partial charge in [0.1, 0.15) is 0 Å². The van der Waals surface area contributed by atoms with Crippen LogP contribution in [-0.2, 0) is 9.53 Å². The molecule has 0 aromatic heterocycles. The highest BCUT2D eigenvalue weighted by Crippen LogP contribution is 2.26. The van der Waals surface area contributed by atoms with E-state index >= 15 is 0 Å². The van der Waals surface area contributed by atoms with E-state index in [2.05, 4.69) is 22.9 Å². The molecule has 2 nitrogen and oxygen atoms in total. The van der Waals surface area contributed by atoms with Gasteiger partial charge in [0, 0.05) is 6.92 Å². The van der Waals surface area contributed by atoms with Gasteiger partial charge in [-0.1, -0.05) is 32.6 Å². The number of hydrogen-bond acceptors (Lipinski definition) is 2. The second kappa shape index (κ2) is 7.27. The monoisotopic (exact) mass is 264 g/mol. The Morgan fingerprint density at radius 1 is 1.29 bits per heavy atom. The molecule has 0 aromatic rings. The standard InChI is InChI=1S/C11H21BrO2/c1-4-5-6-7-8-9-11(3,12)14-10(2)13/h4-9H2,1-3H3. The lowest BCUT2D eigenvalue weighted by molar-refractivity contribution is -0.147. The number of halogens is 1. The van der Waals surface area contributed by atoms with Crippen LogP contribution in [0.1, 0.15) is 59.3 Å². The van der Waals surface area contributed by atoms with Crippen LogP contribution in [0.25, 0.3) is 0 Å². The van der Waals surface area contributed by atoms with Crippen LogP contribution in [-0.4, -0.2) is 10.5 Å². The van der Waals surface area contributed by atoms with Crippen LogP contribution in [0.5, 0.6) is 0 Å². The smallest absolute Gasteiger partial charge is 0.304 e. The first-order valence-corrected chi connectivity index (χ1v) is 6.16. The molecule has 0 aliphatic carbocycles. The Kier molecular flexibility index (Phi) is 7.24. The Morgan fingerprint density at radius 3 is 2.36 bits per heavy atom. The fraction of sp³-hybridized carbons (Fsp3) is 0.909. The third-order valence-electron chi connectivity index (χ3n) is 2.08. The van der Waals surface area contributed by atoms with Gasteiger partial charge in [-0.3, -0.25) is 4.79 Å². The Hall–Kier alpha value is -0.0500. The van der Waals surface area contributed by atoms with Gasteiger partial charge in [-0.05, 0) is 35.7 Å². The number of hydrogen-bond donors (Lipinski definition) is 0. The number of carbonyl (C=O) groups is 1. The fourth-order valence-corrected chi connectivity index (χ4v) is 1.90. The third kappa shape index (κ3) is 8.54. The quantitative estimate of drug-likeness (QED) is 0.395. The number of esters is 1. The van der Waals surface area contributed by atoms with Crippen LogP contribution in [0.2, 0.25) is 0 Å². The highest BCUT2D eigenvalue weighted by atomic mass is 79.9. The minimum absolute atomic E-state index is 0.224. The van der Waals surface area contributed by atoms with Crippen molar-refractivity contribution in [1.29, 1.82) is 0 Å². The van der Waals surface area contributed by atoms with Gasteiger partial charge in [0.15, 0.2) is 4.51 Å². The lowest BCUT2D eigenvalue weighted by Crippen LogP contribution is -2.22. The zero-order chi connectivity index (χ0) is 11.0. The van der Waals surface area contributed by atoms with Crippen molar-refractivity contribution in [3.8, 4) is 0 Å². The molecule has 0 radical (unpaired) electrons. The summed E-state index contributed by atoms with van der Waals surface area (Å²) in [6, 6.07) is 0. The molecule has 0 spiro atoms. The fourth-order valence-electron chi connectivity index (χ4n) is 1.40. The summed E-state index contributed by atoms with van der Waals surface area (Å²) in [5, 5.41) is 0. The second-order valence-corrected chi connectivity index (χ2v) is 5.54. The van der Waals surface area contributed by atoms with E-state index in [9.17, 15) is 4.79 Å². The highest BCUT2D eigenvalue weighted by Gasteiger charge is 2.22. The van der Waals surface area contributed by atoms with Gasteiger partial charge < -0.3 is 4.74 Å². The van der Waals surface area contributed by atoms with Crippen molar-refractivity contribution >= 4 is 21.9 Å². The van der Waals surface area contributed by atoms with Gasteiger partial charge >= 0.3 is 5.97 Å². The van der Waals surface area contributed by atoms with Crippen molar-refractivity contribution in [2.24, 2.45) is 0 Å². The average Bonchev–Trinajstić information content (AvgIpc) is 2.01. The summed E-state index contributed by atoms with van der Waals surface area (Å²) in [5.41, 5.74) is 0. The maximum atomic E-state index is 10.7. The first kappa shape index (κ1) is 13.9. The summed E-state index contributed by atoms with van der Waals surface area (Å²) >= 11 is 3.41. The molecule has 0 N–H and O–H groups in total. The summed E-state index contributed by atoms with van der Waals surface area (Å²) in [6.45, 7) is 5.54. The van der Waals surface area contributed by atoms with E-state index < -0.39 is 4.51 Å². The molecular formula is C11H21BrO2. The van der Waals surface area contributed by atoms with Crippen LogP contribution in [0, 0.1) is 0 Å². The number of carbonyl (C=O) groups excluding carboxylic acids is 1. The average molecular weight is 265 g/mol. The maximum absolute atomic E-state index is 10.7. The summed E-state index contributed by atoms with van der Waals surface area (Å²) in [6.07, 6.45) is 7.05. The molecule has 0 fully saturated rings. The summed E-state index contributed by atoms with van der Waals surface area (Å²) in [4.78, 5) is 10.7. The molecule has 84 valence electrons. The number of alkyl halides is 1. The Labute approximate surface area is 95.5 Å². The Balaban J connectivity index is 3.50. The van der Waals surface area contributed by atoms with Crippen molar-refractivity contribution in [1.82, 2.24) is 0 Å². The summed E-state index contributed by atoms with van der Waals surface area (Å²) < 4.78 is 4.65. The van der Waals surface area contributed by atoms with Crippen LogP contribution < -0.4 is 0 Å². The molecular weight excluding hydrogens is 244 g/mol. The number of ether oxygens (including phenoxy) is 1. The van der Waals surface area contributed by atoms with Crippen molar-refractivity contribution in [2.45, 2.75) is 63.8 Å². The number of rotatable bonds is 7. The van der Waals surface area contributed by atoms with E-state index in [1.165, 1.54) is 32.6 Å². The first-order valence-electron chi connectivity index (χ1n) is 5.36. The Bertz CT molecular complexity index is 167. The van der Waals surface area contributed by atoms with E-state index in [1.54, 1.807) is 0 Å². The van der Waals surface area contributed by atoms with E-state index in [4.69, 9.17) is 4.74 Å². The van der Waals surface area contributed by atoms with E-state index in [1.807, 2.05) is 6.92 Å². The SMILES string of the molecule is CCCCCCCC(C)(Br)OC(C)=O. The normalized spacial score (nSPS) is 14.9. The first-order chi connectivity index (χ1) is 6.48. The molecule has 0 rings (SSSR count). The van der Waals surface area contributed by atoms with Crippen LogP contribution in [0.4, 0.5) is 0 Å². The van der Waals surface area contributed by atoms with Crippen LogP contribution >= 0.6 is 15.9 Å². The topological polar surface area (TPSA) is 26.3 Å². The van der Waals surface area contributed by atoms with Crippen LogP contribution in [0.15, 0.2) is 0 Å². The molecule has 0 heterocycles. The second-order valence-electron chi connectivity index (χ2n) is 3.86. The van der Waals surface area contributed by atoms with E-state index in [0.717, 1.165) is 12.8 Å². The molecule has 0 bridgehead atoms. The summed E-state index contributed by atoms with van der Waals surface area (Å²) in [7, 11) is 0. The molecule has 0 amide bonds. The van der Waals surface area contributed by atoms with Gasteiger partial charge in [-0.25, -0.2) is 0 Å². The largest absolute Gasteiger partial charge is 0.448 e. The minimum atomic E-state index is -0.467. The van der Waals surface area contributed by atoms with Crippen molar-refractivity contribution in [3.63, 3.8) is 0 Å². The molecule has 0 saturated carbocycles. The molecule has 0 aliphatic rings. The summed E-state index contributed by atoms with van der Waals surface area (Å²) in [5.74, 6) is -0.224. The van der Waals surface area contributed by atoms with Gasteiger partial charge in [-0.15, -0.1) is 0 Å². The van der Waals surface area contributed by atoms with Gasteiger partial charge in [0.25, 0.3) is 0 Å². The van der Waals surface area contributed by atoms with E-state index in [0.29, 0.717) is 0 Å². The van der Waals surface area contributed by atoms with Crippen molar-refractivity contribution in [3.05, 3.63) is 0 Å². The molecule has 14 heavy (non-hydrogen) atoms. The predicted molar refractivity (Wildman–Crippen MR) is 62.5 cm³/mol. The zero-order valence-corrected chi connectivity index (χ0v) is 11.0. The van der Waals surface area contributed by atoms with Gasteiger partial charge in [0.2, 0.25) is 0 Å². The molecule has 0 aliphatic heterocycles. The van der Waals surface area contributed by atoms with Crippen molar-refractivity contribution < 1.29 is 9.53 Å². The van der Waals surface area contributed by atoms with Gasteiger partial charge in [-0.2, -0.15) is 0 Å². The molecule has 0 aromatic carbocycles. The zero-order valence-electron chi connectivity index (χ0n) is 9.44. The highest BCUT2D eigenvalue weighted by molar-refractivity contribution is 9.10. The molecule has 1 unspecified atom stereocenters.